The molecule has 0 aliphatic heterocycles. The lowest BCUT2D eigenvalue weighted by Crippen LogP contribution is -2.31. The third kappa shape index (κ3) is 2.65. The van der Waals surface area contributed by atoms with Gasteiger partial charge in [-0.1, -0.05) is 30.3 Å². The van der Waals surface area contributed by atoms with Gasteiger partial charge in [-0.3, -0.25) is 0 Å². The molecule has 0 amide bonds. The zero-order valence-electron chi connectivity index (χ0n) is 14.6. The number of fused-ring (bicyclic) bond motifs is 2. The second-order valence-electron chi connectivity index (χ2n) is 6.04. The summed E-state index contributed by atoms with van der Waals surface area (Å²) in [5.41, 5.74) is 2.41. The molecule has 4 rings (SSSR count). The summed E-state index contributed by atoms with van der Waals surface area (Å²) in [6, 6.07) is 22.6. The lowest BCUT2D eigenvalue weighted by Gasteiger charge is -2.11. The smallest absolute Gasteiger partial charge is 0.345 e. The number of nitrogens with zero attached hydrogens (tertiary/aromatic N) is 1. The Labute approximate surface area is 151 Å². The highest BCUT2D eigenvalue weighted by Crippen LogP contribution is 2.28. The molecule has 26 heavy (non-hydrogen) atoms. The van der Waals surface area contributed by atoms with E-state index in [-0.39, 0.29) is 5.97 Å². The monoisotopic (exact) mass is 344 g/mol. The van der Waals surface area contributed by atoms with Gasteiger partial charge in [0.2, 0.25) is 11.0 Å². The molecule has 0 spiro atoms. The maximum atomic E-state index is 13.0. The van der Waals surface area contributed by atoms with Crippen molar-refractivity contribution in [3.05, 3.63) is 78.4 Å². The Morgan fingerprint density at radius 1 is 0.808 bits per heavy atom. The molecule has 0 saturated heterocycles. The van der Waals surface area contributed by atoms with Crippen LogP contribution >= 0.6 is 0 Å². The van der Waals surface area contributed by atoms with Crippen molar-refractivity contribution in [2.45, 2.75) is 0 Å². The first-order valence-corrected chi connectivity index (χ1v) is 8.35. The largest absolute Gasteiger partial charge is 0.497 e. The lowest BCUT2D eigenvalue weighted by molar-refractivity contribution is -0.617. The van der Waals surface area contributed by atoms with Crippen molar-refractivity contribution in [1.82, 2.24) is 0 Å². The van der Waals surface area contributed by atoms with E-state index in [2.05, 4.69) is 4.57 Å². The average Bonchev–Trinajstić information content (AvgIpc) is 2.69. The molecule has 0 N–H and O–H groups in total. The first-order chi connectivity index (χ1) is 12.7. The molecule has 0 fully saturated rings. The Balaban J connectivity index is 1.99. The summed E-state index contributed by atoms with van der Waals surface area (Å²) in [6.45, 7) is 0. The van der Waals surface area contributed by atoms with Crippen LogP contribution in [0.15, 0.2) is 72.8 Å². The predicted molar refractivity (Wildman–Crippen MR) is 101 cm³/mol. The highest BCUT2D eigenvalue weighted by molar-refractivity contribution is 6.13. The van der Waals surface area contributed by atoms with Gasteiger partial charge in [-0.2, -0.15) is 4.57 Å². The molecule has 128 valence electrons. The van der Waals surface area contributed by atoms with Crippen molar-refractivity contribution in [2.24, 2.45) is 7.05 Å². The maximum absolute atomic E-state index is 13.0. The van der Waals surface area contributed by atoms with E-state index >= 15 is 0 Å². The standard InChI is InChI=1S/C22H18NO3/c1-23-19-11-7-6-10-17(19)21(18-13-12-16(25-2)14-20(18)23)22(24)26-15-8-4-3-5-9-15/h3-14H,1-2H3/q+1. The third-order valence-electron chi connectivity index (χ3n) is 4.53. The molecule has 0 radical (unpaired) electrons. The fraction of sp³-hybridized carbons (Fsp3) is 0.0909. The lowest BCUT2D eigenvalue weighted by atomic mass is 10.0. The molecule has 0 aliphatic rings. The summed E-state index contributed by atoms with van der Waals surface area (Å²) in [5, 5.41) is 1.68. The van der Waals surface area contributed by atoms with Gasteiger partial charge in [0, 0.05) is 6.07 Å². The molecular weight excluding hydrogens is 326 g/mol. The predicted octanol–water partition coefficient (Wildman–Crippen LogP) is 4.05. The molecule has 1 heterocycles. The normalized spacial score (nSPS) is 10.8. The highest BCUT2D eigenvalue weighted by atomic mass is 16.5. The van der Waals surface area contributed by atoms with E-state index in [1.165, 1.54) is 0 Å². The minimum Gasteiger partial charge on any atom is -0.497 e. The third-order valence-corrected chi connectivity index (χ3v) is 4.53. The summed E-state index contributed by atoms with van der Waals surface area (Å²) in [6.07, 6.45) is 0. The van der Waals surface area contributed by atoms with E-state index in [0.29, 0.717) is 11.3 Å². The molecule has 0 atom stereocenters. The fourth-order valence-electron chi connectivity index (χ4n) is 3.25. The minimum atomic E-state index is -0.372. The number of carbonyl (C=O) groups is 1. The molecule has 1 aromatic heterocycles. The number of ether oxygens (including phenoxy) is 2. The number of rotatable bonds is 3. The average molecular weight is 344 g/mol. The SMILES string of the molecule is COc1ccc2c(C(=O)Oc3ccccc3)c3ccccc3[n+](C)c2c1. The quantitative estimate of drug-likeness (QED) is 0.244. The van der Waals surface area contributed by atoms with Gasteiger partial charge in [-0.25, -0.2) is 4.79 Å². The van der Waals surface area contributed by atoms with Crippen LogP contribution in [0, 0.1) is 0 Å². The van der Waals surface area contributed by atoms with Crippen LogP contribution in [-0.4, -0.2) is 13.1 Å². The van der Waals surface area contributed by atoms with Crippen molar-refractivity contribution >= 4 is 27.8 Å². The van der Waals surface area contributed by atoms with E-state index in [1.54, 1.807) is 19.2 Å². The van der Waals surface area contributed by atoms with Crippen molar-refractivity contribution in [3.8, 4) is 11.5 Å². The van der Waals surface area contributed by atoms with E-state index in [4.69, 9.17) is 9.47 Å². The van der Waals surface area contributed by atoms with Crippen LogP contribution in [0.1, 0.15) is 10.4 Å². The van der Waals surface area contributed by atoms with Crippen molar-refractivity contribution < 1.29 is 18.8 Å². The van der Waals surface area contributed by atoms with Crippen LogP contribution in [0.4, 0.5) is 0 Å². The van der Waals surface area contributed by atoms with E-state index in [9.17, 15) is 4.79 Å². The number of aromatic nitrogens is 1. The Morgan fingerprint density at radius 3 is 2.27 bits per heavy atom. The maximum Gasteiger partial charge on any atom is 0.345 e. The topological polar surface area (TPSA) is 39.4 Å². The molecule has 4 aromatic rings. The highest BCUT2D eigenvalue weighted by Gasteiger charge is 2.24. The molecule has 0 bridgehead atoms. The van der Waals surface area contributed by atoms with Crippen LogP contribution < -0.4 is 14.0 Å². The van der Waals surface area contributed by atoms with Gasteiger partial charge in [-0.05, 0) is 30.3 Å². The van der Waals surface area contributed by atoms with Gasteiger partial charge in [-0.15, -0.1) is 0 Å². The van der Waals surface area contributed by atoms with Crippen LogP contribution in [0.2, 0.25) is 0 Å². The number of esters is 1. The number of pyridine rings is 1. The second-order valence-corrected chi connectivity index (χ2v) is 6.04. The van der Waals surface area contributed by atoms with Gasteiger partial charge in [0.15, 0.2) is 0 Å². The number of para-hydroxylation sites is 2. The summed E-state index contributed by atoms with van der Waals surface area (Å²) in [4.78, 5) is 13.0. The molecular formula is C22H18NO3+. The summed E-state index contributed by atoms with van der Waals surface area (Å²) in [7, 11) is 3.61. The number of benzene rings is 3. The Bertz CT molecular complexity index is 1120. The van der Waals surface area contributed by atoms with Crippen LogP contribution in [-0.2, 0) is 7.05 Å². The number of aryl methyl sites for hydroxylation is 1. The zero-order chi connectivity index (χ0) is 18.1. The van der Waals surface area contributed by atoms with Gasteiger partial charge >= 0.3 is 5.97 Å². The first kappa shape index (κ1) is 16.1. The van der Waals surface area contributed by atoms with Crippen molar-refractivity contribution in [3.63, 3.8) is 0 Å². The fourth-order valence-corrected chi connectivity index (χ4v) is 3.25. The Kier molecular flexibility index (Phi) is 4.01. The molecule has 0 unspecified atom stereocenters. The zero-order valence-corrected chi connectivity index (χ0v) is 14.6. The second kappa shape index (κ2) is 6.48. The number of carbonyl (C=O) groups excluding carboxylic acids is 1. The van der Waals surface area contributed by atoms with Gasteiger partial charge < -0.3 is 9.47 Å². The molecule has 4 nitrogen and oxygen atoms in total. The minimum absolute atomic E-state index is 0.372. The van der Waals surface area contributed by atoms with Crippen molar-refractivity contribution in [1.29, 1.82) is 0 Å². The summed E-state index contributed by atoms with van der Waals surface area (Å²) >= 11 is 0. The molecule has 0 aliphatic carbocycles. The van der Waals surface area contributed by atoms with Crippen LogP contribution in [0.3, 0.4) is 0 Å². The Morgan fingerprint density at radius 2 is 1.50 bits per heavy atom. The molecule has 0 saturated carbocycles. The summed E-state index contributed by atoms with van der Waals surface area (Å²) in [5.74, 6) is 0.894. The number of methoxy groups -OCH3 is 1. The van der Waals surface area contributed by atoms with Gasteiger partial charge in [0.25, 0.3) is 0 Å². The van der Waals surface area contributed by atoms with Crippen molar-refractivity contribution in [2.75, 3.05) is 7.11 Å². The summed E-state index contributed by atoms with van der Waals surface area (Å²) < 4.78 is 13.1. The van der Waals surface area contributed by atoms with Gasteiger partial charge in [0.1, 0.15) is 18.5 Å². The van der Waals surface area contributed by atoms with E-state index in [0.717, 1.165) is 27.6 Å². The Hall–Kier alpha value is -3.40. The first-order valence-electron chi connectivity index (χ1n) is 8.35. The van der Waals surface area contributed by atoms with Crippen LogP contribution in [0.5, 0.6) is 11.5 Å². The molecule has 4 heteroatoms. The molecule has 3 aromatic carbocycles. The number of hydrogen-bond acceptors (Lipinski definition) is 3. The van der Waals surface area contributed by atoms with Crippen LogP contribution in [0.25, 0.3) is 21.8 Å². The van der Waals surface area contributed by atoms with E-state index < -0.39 is 0 Å². The van der Waals surface area contributed by atoms with Gasteiger partial charge in [0.05, 0.1) is 29.5 Å². The van der Waals surface area contributed by atoms with E-state index in [1.807, 2.05) is 67.7 Å². The number of hydrogen-bond donors (Lipinski definition) is 0.